The Morgan fingerprint density at radius 1 is 1.35 bits per heavy atom. The number of carboxylic acids is 1. The van der Waals surface area contributed by atoms with Crippen molar-refractivity contribution < 1.29 is 29.7 Å². The average Bonchev–Trinajstić information content (AvgIpc) is 2.86. The van der Waals surface area contributed by atoms with Crippen LogP contribution in [0.25, 0.3) is 0 Å². The fraction of sp³-hybridized carbons (Fsp3) is 0.400. The number of carboxylic acid groups (broad SMARTS) is 1. The van der Waals surface area contributed by atoms with Crippen LogP contribution in [0.1, 0.15) is 36.5 Å². The number of carbonyl (C=O) groups is 3. The molecule has 8 heteroatoms. The molecule has 0 spiro atoms. The smallest absolute Gasteiger partial charge is 0.339 e. The maximum Gasteiger partial charge on any atom is 0.339 e. The molecule has 1 aromatic carbocycles. The minimum absolute atomic E-state index is 0.0562. The van der Waals surface area contributed by atoms with Crippen LogP contribution in [0.5, 0.6) is 11.5 Å². The van der Waals surface area contributed by atoms with Crippen LogP contribution >= 0.6 is 0 Å². The third-order valence-corrected chi connectivity index (χ3v) is 3.41. The minimum atomic E-state index is -1.22. The van der Waals surface area contributed by atoms with Crippen molar-refractivity contribution in [3.05, 3.63) is 23.8 Å². The number of hydrogen-bond acceptors (Lipinski definition) is 5. The fourth-order valence-corrected chi connectivity index (χ4v) is 2.27. The highest BCUT2D eigenvalue weighted by atomic mass is 16.4. The van der Waals surface area contributed by atoms with Crippen molar-refractivity contribution in [1.29, 1.82) is 0 Å². The number of hydrogen-bond donors (Lipinski definition) is 4. The van der Waals surface area contributed by atoms with Crippen molar-refractivity contribution in [2.45, 2.75) is 32.2 Å². The molecule has 1 heterocycles. The molecule has 0 radical (unpaired) electrons. The van der Waals surface area contributed by atoms with Gasteiger partial charge in [-0.3, -0.25) is 9.59 Å². The molecule has 1 fully saturated rings. The molecule has 2 rings (SSSR count). The SMILES string of the molecule is CC[C@H](C(N)=O)N1CCCC1=O.O=C(O)c1ccc(O)cc1O. The fourth-order valence-electron chi connectivity index (χ4n) is 2.27. The zero-order valence-electron chi connectivity index (χ0n) is 12.7. The third kappa shape index (κ3) is 4.87. The van der Waals surface area contributed by atoms with E-state index in [0.29, 0.717) is 19.4 Å². The van der Waals surface area contributed by atoms with Crippen molar-refractivity contribution in [1.82, 2.24) is 4.90 Å². The largest absolute Gasteiger partial charge is 0.508 e. The molecule has 5 N–H and O–H groups in total. The van der Waals surface area contributed by atoms with Gasteiger partial charge in [-0.1, -0.05) is 6.92 Å². The second-order valence-corrected chi connectivity index (χ2v) is 5.02. The van der Waals surface area contributed by atoms with Crippen LogP contribution in [0, 0.1) is 0 Å². The highest BCUT2D eigenvalue weighted by molar-refractivity contribution is 5.91. The Labute approximate surface area is 133 Å². The summed E-state index contributed by atoms with van der Waals surface area (Å²) in [6, 6.07) is 2.92. The molecule has 0 aromatic heterocycles. The molecule has 1 saturated heterocycles. The lowest BCUT2D eigenvalue weighted by Crippen LogP contribution is -2.44. The summed E-state index contributed by atoms with van der Waals surface area (Å²) in [6.07, 6.45) is 2.02. The van der Waals surface area contributed by atoms with Gasteiger partial charge in [-0.25, -0.2) is 4.79 Å². The van der Waals surface area contributed by atoms with Crippen molar-refractivity contribution >= 4 is 17.8 Å². The van der Waals surface area contributed by atoms with E-state index in [1.807, 2.05) is 6.92 Å². The number of aromatic carboxylic acids is 1. The first-order valence-corrected chi connectivity index (χ1v) is 7.12. The Bertz CT molecular complexity index is 602. The number of primary amides is 1. The van der Waals surface area contributed by atoms with Crippen LogP contribution < -0.4 is 5.73 Å². The lowest BCUT2D eigenvalue weighted by atomic mass is 10.2. The summed E-state index contributed by atoms with van der Waals surface area (Å²) >= 11 is 0. The van der Waals surface area contributed by atoms with Crippen LogP contribution in [0.4, 0.5) is 0 Å². The van der Waals surface area contributed by atoms with Gasteiger partial charge < -0.3 is 26.0 Å². The van der Waals surface area contributed by atoms with E-state index in [1.54, 1.807) is 4.90 Å². The number of phenols is 2. The molecule has 126 valence electrons. The van der Waals surface area contributed by atoms with Gasteiger partial charge in [0.1, 0.15) is 23.1 Å². The second kappa shape index (κ2) is 8.02. The zero-order chi connectivity index (χ0) is 17.6. The number of carbonyl (C=O) groups excluding carboxylic acids is 2. The lowest BCUT2D eigenvalue weighted by molar-refractivity contribution is -0.136. The predicted octanol–water partition coefficient (Wildman–Crippen LogP) is 0.669. The third-order valence-electron chi connectivity index (χ3n) is 3.41. The summed E-state index contributed by atoms with van der Waals surface area (Å²) < 4.78 is 0. The van der Waals surface area contributed by atoms with Gasteiger partial charge in [-0.15, -0.1) is 0 Å². The molecule has 8 nitrogen and oxygen atoms in total. The molecule has 1 aliphatic rings. The van der Waals surface area contributed by atoms with Crippen molar-refractivity contribution in [2.24, 2.45) is 5.73 Å². The van der Waals surface area contributed by atoms with Crippen molar-refractivity contribution in [3.8, 4) is 11.5 Å². The quantitative estimate of drug-likeness (QED) is 0.641. The topological polar surface area (TPSA) is 141 Å². The lowest BCUT2D eigenvalue weighted by Gasteiger charge is -2.23. The van der Waals surface area contributed by atoms with Crippen LogP contribution in [0.3, 0.4) is 0 Å². The van der Waals surface area contributed by atoms with Gasteiger partial charge in [-0.05, 0) is 25.0 Å². The first-order chi connectivity index (χ1) is 10.8. The standard InChI is InChI=1S/C8H14N2O2.C7H6O4/c1-2-6(8(9)12)10-5-3-4-7(10)11;8-4-1-2-5(7(10)11)6(9)3-4/h6H,2-5H2,1H3,(H2,9,12);1-3,8-9H,(H,10,11)/t6-;/m1./s1. The van der Waals surface area contributed by atoms with Crippen LogP contribution in [-0.2, 0) is 9.59 Å². The maximum atomic E-state index is 11.2. The summed E-state index contributed by atoms with van der Waals surface area (Å²) in [5.41, 5.74) is 4.94. The van der Waals surface area contributed by atoms with Gasteiger partial charge in [0, 0.05) is 19.0 Å². The number of amides is 2. The van der Waals surface area contributed by atoms with Gasteiger partial charge in [-0.2, -0.15) is 0 Å². The Kier molecular flexibility index (Phi) is 6.37. The van der Waals surface area contributed by atoms with Gasteiger partial charge >= 0.3 is 5.97 Å². The minimum Gasteiger partial charge on any atom is -0.508 e. The van der Waals surface area contributed by atoms with Gasteiger partial charge in [0.15, 0.2) is 0 Å². The summed E-state index contributed by atoms with van der Waals surface area (Å²) in [5.74, 6) is -2.15. The molecule has 2 amide bonds. The van der Waals surface area contributed by atoms with E-state index in [4.69, 9.17) is 21.1 Å². The van der Waals surface area contributed by atoms with E-state index in [9.17, 15) is 14.4 Å². The summed E-state index contributed by atoms with van der Waals surface area (Å²) in [5, 5.41) is 26.1. The summed E-state index contributed by atoms with van der Waals surface area (Å²) in [6.45, 7) is 2.54. The predicted molar refractivity (Wildman–Crippen MR) is 81.0 cm³/mol. The molecule has 1 aliphatic heterocycles. The highest BCUT2D eigenvalue weighted by Gasteiger charge is 2.29. The van der Waals surface area contributed by atoms with Gasteiger partial charge in [0.25, 0.3) is 0 Å². The molecule has 1 aromatic rings. The monoisotopic (exact) mass is 324 g/mol. The number of nitrogens with zero attached hydrogens (tertiary/aromatic N) is 1. The highest BCUT2D eigenvalue weighted by Crippen LogP contribution is 2.21. The molecule has 0 saturated carbocycles. The van der Waals surface area contributed by atoms with Gasteiger partial charge in [0.2, 0.25) is 11.8 Å². The molecule has 1 atom stereocenters. The second-order valence-electron chi connectivity index (χ2n) is 5.02. The zero-order valence-corrected chi connectivity index (χ0v) is 12.7. The Morgan fingerprint density at radius 3 is 2.39 bits per heavy atom. The van der Waals surface area contributed by atoms with E-state index in [1.165, 1.54) is 6.07 Å². The first kappa shape index (κ1) is 18.3. The molecular formula is C15H20N2O6. The average molecular weight is 324 g/mol. The van der Waals surface area contributed by atoms with Crippen molar-refractivity contribution in [3.63, 3.8) is 0 Å². The number of rotatable bonds is 4. The molecule has 0 bridgehead atoms. The van der Waals surface area contributed by atoms with E-state index < -0.39 is 17.6 Å². The number of likely N-dealkylation sites (tertiary alicyclic amines) is 1. The van der Waals surface area contributed by atoms with E-state index in [2.05, 4.69) is 0 Å². The number of benzene rings is 1. The Hall–Kier alpha value is -2.77. The normalized spacial score (nSPS) is 14.8. The number of nitrogens with two attached hydrogens (primary N) is 1. The Balaban J connectivity index is 0.000000231. The van der Waals surface area contributed by atoms with Crippen LogP contribution in [0.2, 0.25) is 0 Å². The molecular weight excluding hydrogens is 304 g/mol. The summed E-state index contributed by atoms with van der Waals surface area (Å²) in [7, 11) is 0. The molecule has 0 aliphatic carbocycles. The Morgan fingerprint density at radius 2 is 2.00 bits per heavy atom. The van der Waals surface area contributed by atoms with Crippen LogP contribution in [-0.4, -0.2) is 50.6 Å². The van der Waals surface area contributed by atoms with Crippen molar-refractivity contribution in [2.75, 3.05) is 6.54 Å². The van der Waals surface area contributed by atoms with Gasteiger partial charge in [0.05, 0.1) is 0 Å². The number of phenolic OH excluding ortho intramolecular Hbond substituents is 1. The van der Waals surface area contributed by atoms with E-state index in [0.717, 1.165) is 18.6 Å². The maximum absolute atomic E-state index is 11.2. The molecule has 23 heavy (non-hydrogen) atoms. The number of aromatic hydroxyl groups is 2. The first-order valence-electron chi connectivity index (χ1n) is 7.12. The van der Waals surface area contributed by atoms with Crippen LogP contribution in [0.15, 0.2) is 18.2 Å². The molecule has 0 unspecified atom stereocenters. The van der Waals surface area contributed by atoms with E-state index in [-0.39, 0.29) is 23.3 Å². The summed E-state index contributed by atoms with van der Waals surface area (Å²) in [4.78, 5) is 34.0. The van der Waals surface area contributed by atoms with E-state index >= 15 is 0 Å².